The Morgan fingerprint density at radius 3 is 2.79 bits per heavy atom. The third kappa shape index (κ3) is 2.88. The number of carbonyl (C=O) groups excluding carboxylic acids is 1. The Hall–Kier alpha value is -2.64. The highest BCUT2D eigenvalue weighted by Crippen LogP contribution is 2.62. The lowest BCUT2D eigenvalue weighted by Crippen LogP contribution is -2.68. The first-order chi connectivity index (χ1) is 15.8. The van der Waals surface area contributed by atoms with Crippen molar-refractivity contribution in [3.05, 3.63) is 62.6 Å². The quantitative estimate of drug-likeness (QED) is 0.644. The Kier molecular flexibility index (Phi) is 4.40. The normalized spacial score (nSPS) is 32.5. The summed E-state index contributed by atoms with van der Waals surface area (Å²) in [5.74, 6) is 1.17. The maximum atomic E-state index is 12.7. The summed E-state index contributed by atoms with van der Waals surface area (Å²) in [7, 11) is 1.66. The molecule has 0 radical (unpaired) electrons. The summed E-state index contributed by atoms with van der Waals surface area (Å²) < 4.78 is 5.56. The molecule has 1 saturated heterocycles. The van der Waals surface area contributed by atoms with Crippen molar-refractivity contribution in [3.63, 3.8) is 0 Å². The molecule has 7 nitrogen and oxygen atoms in total. The minimum atomic E-state index is -1.01. The van der Waals surface area contributed by atoms with E-state index < -0.39 is 22.5 Å². The number of amides is 1. The number of carbonyl (C=O) groups is 1. The molecule has 3 aliphatic carbocycles. The maximum Gasteiger partial charge on any atom is 0.261 e. The lowest BCUT2D eigenvalue weighted by Gasteiger charge is -2.55. The van der Waals surface area contributed by atoms with Crippen LogP contribution in [0.2, 0.25) is 0 Å². The highest BCUT2D eigenvalue weighted by atomic mass is 16.5. The number of aliphatic hydroxyl groups is 1. The molecule has 1 aromatic heterocycles. The van der Waals surface area contributed by atoms with Crippen LogP contribution in [0.15, 0.2) is 29.1 Å². The third-order valence-electron chi connectivity index (χ3n) is 8.81. The molecule has 2 saturated carbocycles. The van der Waals surface area contributed by atoms with E-state index in [0.717, 1.165) is 53.6 Å². The van der Waals surface area contributed by atoms with Crippen molar-refractivity contribution in [2.75, 3.05) is 20.2 Å². The number of fused-ring (bicyclic) bond motifs is 4. The monoisotopic (exact) mass is 449 g/mol. The minimum Gasteiger partial charge on any atom is -0.497 e. The fourth-order valence-corrected chi connectivity index (χ4v) is 7.15. The molecule has 1 aliphatic heterocycles. The summed E-state index contributed by atoms with van der Waals surface area (Å²) in [5.41, 5.74) is 7.23. The highest BCUT2D eigenvalue weighted by molar-refractivity contribution is 5.92. The fraction of sp³-hybridized carbons (Fsp3) is 0.538. The SMILES string of the molecule is COc1ccc(C)c([C@@]23Cc4[nH]c(=O)c(C(N)=O)cc4C[C@@]2(O)[C@H]2C(CN2CC2CC2)C3)c1. The van der Waals surface area contributed by atoms with Crippen LogP contribution in [0.25, 0.3) is 0 Å². The van der Waals surface area contributed by atoms with Crippen molar-refractivity contribution >= 4 is 5.91 Å². The Balaban J connectivity index is 1.53. The topological polar surface area (TPSA) is 109 Å². The standard InChI is InChI=1S/C26H31N3O4/c1-14-3-6-18(33-2)8-20(14)25-9-17-13-29(12-15-4-5-15)22(17)26(25,32)10-16-7-19(23(27)30)24(31)28-21(16)11-25/h3,6-8,15,17,22,32H,4-5,9-13H2,1-2H3,(H2,27,30)(H,28,31)/t17?,22-,25-,26-/m1/s1. The summed E-state index contributed by atoms with van der Waals surface area (Å²) >= 11 is 0. The van der Waals surface area contributed by atoms with Gasteiger partial charge in [0.1, 0.15) is 11.3 Å². The second-order valence-corrected chi connectivity index (χ2v) is 10.7. The van der Waals surface area contributed by atoms with E-state index >= 15 is 0 Å². The van der Waals surface area contributed by atoms with Crippen LogP contribution < -0.4 is 16.0 Å². The van der Waals surface area contributed by atoms with Crippen molar-refractivity contribution in [2.24, 2.45) is 17.6 Å². The molecule has 174 valence electrons. The molecule has 33 heavy (non-hydrogen) atoms. The molecule has 3 fully saturated rings. The number of nitrogens with zero attached hydrogens (tertiary/aromatic N) is 1. The number of nitrogens with one attached hydrogen (secondary N) is 1. The van der Waals surface area contributed by atoms with Crippen molar-refractivity contribution in [1.29, 1.82) is 0 Å². The van der Waals surface area contributed by atoms with E-state index in [0.29, 0.717) is 18.8 Å². The number of primary amides is 1. The van der Waals surface area contributed by atoms with Crippen LogP contribution in [-0.4, -0.2) is 52.7 Å². The molecule has 2 heterocycles. The van der Waals surface area contributed by atoms with Crippen molar-refractivity contribution in [1.82, 2.24) is 9.88 Å². The molecule has 2 aromatic rings. The van der Waals surface area contributed by atoms with Gasteiger partial charge in [-0.05, 0) is 72.9 Å². The number of aryl methyl sites for hydroxylation is 1. The number of hydrogen-bond donors (Lipinski definition) is 3. The minimum absolute atomic E-state index is 0.0413. The van der Waals surface area contributed by atoms with Crippen LogP contribution in [0.4, 0.5) is 0 Å². The van der Waals surface area contributed by atoms with Gasteiger partial charge in [0.15, 0.2) is 0 Å². The fourth-order valence-electron chi connectivity index (χ4n) is 7.15. The van der Waals surface area contributed by atoms with Gasteiger partial charge in [-0.1, -0.05) is 6.07 Å². The molecular formula is C26H31N3O4. The zero-order valence-electron chi connectivity index (χ0n) is 19.2. The highest BCUT2D eigenvalue weighted by Gasteiger charge is 2.70. The van der Waals surface area contributed by atoms with E-state index in [1.807, 2.05) is 6.07 Å². The van der Waals surface area contributed by atoms with Crippen LogP contribution in [-0.2, 0) is 18.3 Å². The molecule has 1 unspecified atom stereocenters. The number of ether oxygens (including phenoxy) is 1. The van der Waals surface area contributed by atoms with Gasteiger partial charge in [-0.15, -0.1) is 0 Å². The third-order valence-corrected chi connectivity index (χ3v) is 8.81. The smallest absolute Gasteiger partial charge is 0.261 e. The molecule has 4 aliphatic rings. The van der Waals surface area contributed by atoms with Crippen LogP contribution in [0.3, 0.4) is 0 Å². The first-order valence-electron chi connectivity index (χ1n) is 11.9. The molecular weight excluding hydrogens is 418 g/mol. The van der Waals surface area contributed by atoms with Gasteiger partial charge in [0.05, 0.1) is 12.7 Å². The van der Waals surface area contributed by atoms with E-state index in [1.54, 1.807) is 13.2 Å². The molecule has 1 aromatic carbocycles. The van der Waals surface area contributed by atoms with E-state index in [-0.39, 0.29) is 11.6 Å². The van der Waals surface area contributed by atoms with Crippen molar-refractivity contribution in [2.45, 2.75) is 56.1 Å². The van der Waals surface area contributed by atoms with Crippen molar-refractivity contribution < 1.29 is 14.6 Å². The molecule has 6 rings (SSSR count). The van der Waals surface area contributed by atoms with E-state index in [2.05, 4.69) is 28.9 Å². The van der Waals surface area contributed by atoms with Gasteiger partial charge >= 0.3 is 0 Å². The number of rotatable bonds is 5. The van der Waals surface area contributed by atoms with Crippen LogP contribution in [0, 0.1) is 18.8 Å². The number of H-pyrrole nitrogens is 1. The summed E-state index contributed by atoms with van der Waals surface area (Å²) in [4.78, 5) is 29.8. The number of pyridine rings is 1. The van der Waals surface area contributed by atoms with E-state index in [4.69, 9.17) is 10.5 Å². The summed E-state index contributed by atoms with van der Waals surface area (Å²) in [6.45, 7) is 4.13. The summed E-state index contributed by atoms with van der Waals surface area (Å²) in [6, 6.07) is 7.75. The number of methoxy groups -OCH3 is 1. The predicted octanol–water partition coefficient (Wildman–Crippen LogP) is 1.67. The number of aromatic nitrogens is 1. The Morgan fingerprint density at radius 2 is 2.09 bits per heavy atom. The Morgan fingerprint density at radius 1 is 1.30 bits per heavy atom. The van der Waals surface area contributed by atoms with Crippen LogP contribution in [0.1, 0.15) is 52.0 Å². The number of benzene rings is 1. The Labute approximate surface area is 192 Å². The Bertz CT molecular complexity index is 1220. The maximum absolute atomic E-state index is 12.7. The lowest BCUT2D eigenvalue weighted by atomic mass is 9.59. The zero-order chi connectivity index (χ0) is 23.1. The van der Waals surface area contributed by atoms with Gasteiger partial charge in [-0.25, -0.2) is 0 Å². The van der Waals surface area contributed by atoms with E-state index in [1.165, 1.54) is 12.8 Å². The van der Waals surface area contributed by atoms with Gasteiger partial charge in [0, 0.05) is 43.1 Å². The van der Waals surface area contributed by atoms with Gasteiger partial charge in [-0.2, -0.15) is 0 Å². The zero-order valence-corrected chi connectivity index (χ0v) is 19.2. The molecule has 4 atom stereocenters. The number of hydrogen-bond acceptors (Lipinski definition) is 5. The van der Waals surface area contributed by atoms with Crippen LogP contribution >= 0.6 is 0 Å². The molecule has 0 bridgehead atoms. The summed E-state index contributed by atoms with van der Waals surface area (Å²) in [6.07, 6.45) is 4.32. The van der Waals surface area contributed by atoms with Gasteiger partial charge in [0.25, 0.3) is 11.5 Å². The van der Waals surface area contributed by atoms with Gasteiger partial charge in [0.2, 0.25) is 0 Å². The molecule has 1 amide bonds. The molecule has 0 spiro atoms. The number of nitrogens with two attached hydrogens (primary N) is 1. The average molecular weight is 450 g/mol. The van der Waals surface area contributed by atoms with Gasteiger partial charge in [-0.3, -0.25) is 14.5 Å². The first-order valence-corrected chi connectivity index (χ1v) is 11.9. The second kappa shape index (κ2) is 6.93. The predicted molar refractivity (Wildman–Crippen MR) is 124 cm³/mol. The van der Waals surface area contributed by atoms with Crippen molar-refractivity contribution in [3.8, 4) is 5.75 Å². The van der Waals surface area contributed by atoms with Gasteiger partial charge < -0.3 is 20.6 Å². The summed E-state index contributed by atoms with van der Waals surface area (Å²) in [5, 5.41) is 12.7. The van der Waals surface area contributed by atoms with Crippen LogP contribution in [0.5, 0.6) is 5.75 Å². The first kappa shape index (κ1) is 20.9. The molecule has 7 heteroatoms. The largest absolute Gasteiger partial charge is 0.497 e. The second-order valence-electron chi connectivity index (χ2n) is 10.7. The van der Waals surface area contributed by atoms with E-state index in [9.17, 15) is 14.7 Å². The number of aromatic amines is 1. The lowest BCUT2D eigenvalue weighted by molar-refractivity contribution is -0.118. The molecule has 4 N–H and O–H groups in total. The average Bonchev–Trinajstić information content (AvgIpc) is 3.54. The number of likely N-dealkylation sites (tertiary alicyclic amines) is 1.